The third-order valence-electron chi connectivity index (χ3n) is 3.31. The summed E-state index contributed by atoms with van der Waals surface area (Å²) in [6.45, 7) is 0. The first kappa shape index (κ1) is 14.8. The zero-order valence-electron chi connectivity index (χ0n) is 11.5. The second-order valence-corrected chi connectivity index (χ2v) is 4.90. The zero-order chi connectivity index (χ0) is 14.5. The SMILES string of the molecule is CNC(Cc1ccccc1OC)c1c(F)cccc1Cl. The van der Waals surface area contributed by atoms with E-state index in [0.717, 1.165) is 11.3 Å². The Morgan fingerprint density at radius 3 is 2.60 bits per heavy atom. The predicted octanol–water partition coefficient (Wildman–Crippen LogP) is 3.99. The van der Waals surface area contributed by atoms with E-state index in [0.29, 0.717) is 17.0 Å². The fourth-order valence-electron chi connectivity index (χ4n) is 2.28. The van der Waals surface area contributed by atoms with Crippen molar-refractivity contribution in [3.63, 3.8) is 0 Å². The van der Waals surface area contributed by atoms with Gasteiger partial charge in [-0.25, -0.2) is 4.39 Å². The Labute approximate surface area is 123 Å². The number of halogens is 2. The molecule has 2 aromatic carbocycles. The predicted molar refractivity (Wildman–Crippen MR) is 79.9 cm³/mol. The molecule has 0 saturated carbocycles. The van der Waals surface area contributed by atoms with Crippen LogP contribution in [0.5, 0.6) is 5.75 Å². The molecule has 0 saturated heterocycles. The summed E-state index contributed by atoms with van der Waals surface area (Å²) in [4.78, 5) is 0. The molecule has 106 valence electrons. The Balaban J connectivity index is 2.34. The van der Waals surface area contributed by atoms with Crippen LogP contribution in [0.3, 0.4) is 0 Å². The van der Waals surface area contributed by atoms with Crippen LogP contribution in [0.4, 0.5) is 4.39 Å². The van der Waals surface area contributed by atoms with E-state index in [9.17, 15) is 4.39 Å². The van der Waals surface area contributed by atoms with Gasteiger partial charge in [0, 0.05) is 16.6 Å². The molecule has 1 atom stereocenters. The summed E-state index contributed by atoms with van der Waals surface area (Å²) in [5, 5.41) is 3.55. The van der Waals surface area contributed by atoms with Crippen LogP contribution in [-0.4, -0.2) is 14.2 Å². The molecule has 2 rings (SSSR count). The van der Waals surface area contributed by atoms with E-state index in [2.05, 4.69) is 5.32 Å². The zero-order valence-corrected chi connectivity index (χ0v) is 12.2. The maximum atomic E-state index is 14.0. The van der Waals surface area contributed by atoms with E-state index in [-0.39, 0.29) is 11.9 Å². The number of methoxy groups -OCH3 is 1. The lowest BCUT2D eigenvalue weighted by atomic mass is 9.98. The summed E-state index contributed by atoms with van der Waals surface area (Å²) in [5.41, 5.74) is 1.50. The van der Waals surface area contributed by atoms with Gasteiger partial charge < -0.3 is 10.1 Å². The maximum Gasteiger partial charge on any atom is 0.129 e. The van der Waals surface area contributed by atoms with Crippen LogP contribution in [0.25, 0.3) is 0 Å². The van der Waals surface area contributed by atoms with Crippen molar-refractivity contribution in [1.29, 1.82) is 0 Å². The Bertz CT molecular complexity index is 568. The molecule has 0 radical (unpaired) electrons. The van der Waals surface area contributed by atoms with E-state index in [1.54, 1.807) is 26.3 Å². The smallest absolute Gasteiger partial charge is 0.129 e. The van der Waals surface area contributed by atoms with Gasteiger partial charge in [-0.1, -0.05) is 35.9 Å². The van der Waals surface area contributed by atoms with Crippen LogP contribution in [0.1, 0.15) is 17.2 Å². The van der Waals surface area contributed by atoms with Crippen LogP contribution in [0.15, 0.2) is 42.5 Å². The van der Waals surface area contributed by atoms with Gasteiger partial charge >= 0.3 is 0 Å². The van der Waals surface area contributed by atoms with Crippen LogP contribution in [-0.2, 0) is 6.42 Å². The average Bonchev–Trinajstić information content (AvgIpc) is 2.46. The minimum absolute atomic E-state index is 0.208. The lowest BCUT2D eigenvalue weighted by Gasteiger charge is -2.20. The lowest BCUT2D eigenvalue weighted by Crippen LogP contribution is -2.20. The molecule has 0 aliphatic rings. The molecule has 1 N–H and O–H groups in total. The molecule has 2 nitrogen and oxygen atoms in total. The molecule has 1 unspecified atom stereocenters. The first-order valence-electron chi connectivity index (χ1n) is 6.40. The van der Waals surface area contributed by atoms with Gasteiger partial charge in [0.2, 0.25) is 0 Å². The molecule has 2 aromatic rings. The minimum atomic E-state index is -0.299. The van der Waals surface area contributed by atoms with Crippen LogP contribution in [0.2, 0.25) is 5.02 Å². The molecule has 0 heterocycles. The molecular formula is C16H17ClFNO. The van der Waals surface area contributed by atoms with Gasteiger partial charge in [-0.2, -0.15) is 0 Å². The molecule has 0 spiro atoms. The number of para-hydroxylation sites is 1. The second-order valence-electron chi connectivity index (χ2n) is 4.49. The summed E-state index contributed by atoms with van der Waals surface area (Å²) < 4.78 is 19.3. The fraction of sp³-hybridized carbons (Fsp3) is 0.250. The van der Waals surface area contributed by atoms with Crippen LogP contribution in [0, 0.1) is 5.82 Å². The minimum Gasteiger partial charge on any atom is -0.496 e. The maximum absolute atomic E-state index is 14.0. The highest BCUT2D eigenvalue weighted by Crippen LogP contribution is 2.30. The normalized spacial score (nSPS) is 12.2. The third-order valence-corrected chi connectivity index (χ3v) is 3.64. The molecule has 4 heteroatoms. The van der Waals surface area contributed by atoms with Crippen LogP contribution < -0.4 is 10.1 Å². The largest absolute Gasteiger partial charge is 0.496 e. The number of rotatable bonds is 5. The van der Waals surface area contributed by atoms with E-state index >= 15 is 0 Å². The lowest BCUT2D eigenvalue weighted by molar-refractivity contribution is 0.406. The third kappa shape index (κ3) is 3.11. The highest BCUT2D eigenvalue weighted by molar-refractivity contribution is 6.31. The highest BCUT2D eigenvalue weighted by Gasteiger charge is 2.19. The summed E-state index contributed by atoms with van der Waals surface area (Å²) in [6, 6.07) is 12.2. The van der Waals surface area contributed by atoms with E-state index < -0.39 is 0 Å². The molecule has 0 aliphatic carbocycles. The molecule has 20 heavy (non-hydrogen) atoms. The van der Waals surface area contributed by atoms with Gasteiger partial charge in [-0.05, 0) is 37.2 Å². The number of hydrogen-bond acceptors (Lipinski definition) is 2. The standard InChI is InChI=1S/C16H17ClFNO/c1-19-14(16-12(17)7-5-8-13(16)18)10-11-6-3-4-9-15(11)20-2/h3-9,14,19H,10H2,1-2H3. The second kappa shape index (κ2) is 6.73. The molecule has 0 aromatic heterocycles. The topological polar surface area (TPSA) is 21.3 Å². The fourth-order valence-corrected chi connectivity index (χ4v) is 2.58. The Morgan fingerprint density at radius 2 is 1.95 bits per heavy atom. The molecule has 0 aliphatic heterocycles. The van der Waals surface area contributed by atoms with Crippen molar-refractivity contribution in [2.75, 3.05) is 14.2 Å². The van der Waals surface area contributed by atoms with Gasteiger partial charge in [0.15, 0.2) is 0 Å². The van der Waals surface area contributed by atoms with E-state index in [1.807, 2.05) is 24.3 Å². The van der Waals surface area contributed by atoms with Gasteiger partial charge in [0.1, 0.15) is 11.6 Å². The van der Waals surface area contributed by atoms with Crippen molar-refractivity contribution in [3.8, 4) is 5.75 Å². The Kier molecular flexibility index (Phi) is 4.99. The van der Waals surface area contributed by atoms with Crippen molar-refractivity contribution in [3.05, 3.63) is 64.4 Å². The molecule has 0 amide bonds. The average molecular weight is 294 g/mol. The summed E-state index contributed by atoms with van der Waals surface area (Å²) in [6.07, 6.45) is 0.598. The Morgan fingerprint density at radius 1 is 1.20 bits per heavy atom. The van der Waals surface area contributed by atoms with Crippen molar-refractivity contribution in [1.82, 2.24) is 5.32 Å². The number of likely N-dealkylation sites (N-methyl/N-ethyl adjacent to an activating group) is 1. The van der Waals surface area contributed by atoms with E-state index in [4.69, 9.17) is 16.3 Å². The molecule has 0 bridgehead atoms. The van der Waals surface area contributed by atoms with Crippen molar-refractivity contribution < 1.29 is 9.13 Å². The van der Waals surface area contributed by atoms with Gasteiger partial charge in [-0.3, -0.25) is 0 Å². The highest BCUT2D eigenvalue weighted by atomic mass is 35.5. The number of ether oxygens (including phenoxy) is 1. The summed E-state index contributed by atoms with van der Waals surface area (Å²) >= 11 is 6.13. The monoisotopic (exact) mass is 293 g/mol. The van der Waals surface area contributed by atoms with Gasteiger partial charge in [0.25, 0.3) is 0 Å². The molecule has 0 fully saturated rings. The molecular weight excluding hydrogens is 277 g/mol. The van der Waals surface area contributed by atoms with Crippen LogP contribution >= 0.6 is 11.6 Å². The van der Waals surface area contributed by atoms with Crippen molar-refractivity contribution >= 4 is 11.6 Å². The van der Waals surface area contributed by atoms with Crippen molar-refractivity contribution in [2.24, 2.45) is 0 Å². The first-order chi connectivity index (χ1) is 9.67. The van der Waals surface area contributed by atoms with Gasteiger partial charge in [-0.15, -0.1) is 0 Å². The van der Waals surface area contributed by atoms with Crippen molar-refractivity contribution in [2.45, 2.75) is 12.5 Å². The van der Waals surface area contributed by atoms with Gasteiger partial charge in [0.05, 0.1) is 7.11 Å². The Hall–Kier alpha value is -1.58. The first-order valence-corrected chi connectivity index (χ1v) is 6.78. The summed E-state index contributed by atoms with van der Waals surface area (Å²) in [5.74, 6) is 0.493. The number of hydrogen-bond donors (Lipinski definition) is 1. The number of benzene rings is 2. The van der Waals surface area contributed by atoms with E-state index in [1.165, 1.54) is 6.07 Å². The number of nitrogens with one attached hydrogen (secondary N) is 1. The summed E-state index contributed by atoms with van der Waals surface area (Å²) in [7, 11) is 3.42. The quantitative estimate of drug-likeness (QED) is 0.900.